The molecule has 1 atom stereocenters. The molecule has 0 radical (unpaired) electrons. The second kappa shape index (κ2) is 10.1. The van der Waals surface area contributed by atoms with Crippen LogP contribution in [0.3, 0.4) is 0 Å². The fraction of sp³-hybridized carbons (Fsp3) is 0.167. The Morgan fingerprint density at radius 3 is 2.00 bits per heavy atom. The minimum absolute atomic E-state index is 0.194. The summed E-state index contributed by atoms with van der Waals surface area (Å²) in [5, 5.41) is 0. The normalized spacial score (nSPS) is 11.3. The molecule has 148 valence electrons. The standard InChI is InChI=1S/C24H24N2O3/c1-2-22(24(28)26-25-23(27)17-18-9-5-3-6-10-18)29-21-15-13-20(14-16-21)19-11-7-4-8-12-19/h3-16,22H,2,17H2,1H3,(H,25,27)(H,26,28). The number of hydrogen-bond donors (Lipinski definition) is 2. The van der Waals surface area contributed by atoms with Gasteiger partial charge in [0.05, 0.1) is 6.42 Å². The van der Waals surface area contributed by atoms with Gasteiger partial charge in [0.1, 0.15) is 5.75 Å². The Balaban J connectivity index is 1.52. The number of amides is 2. The third-order valence-electron chi connectivity index (χ3n) is 4.44. The fourth-order valence-corrected chi connectivity index (χ4v) is 2.88. The molecule has 0 bridgehead atoms. The maximum absolute atomic E-state index is 12.4. The molecule has 0 aliphatic rings. The quantitative estimate of drug-likeness (QED) is 0.603. The first-order valence-electron chi connectivity index (χ1n) is 9.60. The summed E-state index contributed by atoms with van der Waals surface area (Å²) in [5.41, 5.74) is 7.96. The Hall–Kier alpha value is -3.60. The zero-order chi connectivity index (χ0) is 20.5. The highest BCUT2D eigenvalue weighted by molar-refractivity contribution is 5.85. The van der Waals surface area contributed by atoms with Gasteiger partial charge in [-0.15, -0.1) is 0 Å². The number of nitrogens with one attached hydrogen (secondary N) is 2. The van der Waals surface area contributed by atoms with Crippen LogP contribution in [0.15, 0.2) is 84.9 Å². The number of ether oxygens (including phenoxy) is 1. The van der Waals surface area contributed by atoms with E-state index in [0.717, 1.165) is 16.7 Å². The van der Waals surface area contributed by atoms with Crippen molar-refractivity contribution in [2.24, 2.45) is 0 Å². The number of carbonyl (C=O) groups excluding carboxylic acids is 2. The molecule has 0 saturated heterocycles. The minimum atomic E-state index is -0.699. The summed E-state index contributed by atoms with van der Waals surface area (Å²) in [4.78, 5) is 24.4. The number of hydrazine groups is 1. The summed E-state index contributed by atoms with van der Waals surface area (Å²) in [6, 6.07) is 27.0. The van der Waals surface area contributed by atoms with Gasteiger partial charge in [-0.3, -0.25) is 20.4 Å². The molecule has 5 nitrogen and oxygen atoms in total. The first-order valence-corrected chi connectivity index (χ1v) is 9.60. The van der Waals surface area contributed by atoms with Gasteiger partial charge in [0.15, 0.2) is 6.10 Å². The van der Waals surface area contributed by atoms with Gasteiger partial charge in [-0.05, 0) is 35.2 Å². The molecule has 0 spiro atoms. The van der Waals surface area contributed by atoms with Crippen LogP contribution in [0.25, 0.3) is 11.1 Å². The summed E-state index contributed by atoms with van der Waals surface area (Å²) in [6.07, 6.45) is -0.0322. The van der Waals surface area contributed by atoms with Crippen molar-refractivity contribution in [2.45, 2.75) is 25.9 Å². The SMILES string of the molecule is CCC(Oc1ccc(-c2ccccc2)cc1)C(=O)NNC(=O)Cc1ccccc1. The zero-order valence-corrected chi connectivity index (χ0v) is 16.3. The van der Waals surface area contributed by atoms with Crippen LogP contribution >= 0.6 is 0 Å². The molecule has 0 aliphatic carbocycles. The van der Waals surface area contributed by atoms with Crippen molar-refractivity contribution < 1.29 is 14.3 Å². The van der Waals surface area contributed by atoms with Crippen LogP contribution in [0.4, 0.5) is 0 Å². The van der Waals surface area contributed by atoms with E-state index in [2.05, 4.69) is 10.9 Å². The molecule has 3 aromatic carbocycles. The predicted octanol–water partition coefficient (Wildman–Crippen LogP) is 3.90. The Morgan fingerprint density at radius 2 is 1.38 bits per heavy atom. The zero-order valence-electron chi connectivity index (χ0n) is 16.3. The summed E-state index contributed by atoms with van der Waals surface area (Å²) in [5.74, 6) is -0.0741. The number of rotatable bonds is 7. The van der Waals surface area contributed by atoms with E-state index in [1.165, 1.54) is 0 Å². The van der Waals surface area contributed by atoms with Crippen LogP contribution in [0, 0.1) is 0 Å². The van der Waals surface area contributed by atoms with Crippen LogP contribution < -0.4 is 15.6 Å². The van der Waals surface area contributed by atoms with E-state index in [-0.39, 0.29) is 18.2 Å². The summed E-state index contributed by atoms with van der Waals surface area (Å²) < 4.78 is 5.80. The van der Waals surface area contributed by atoms with Gasteiger partial charge in [0.25, 0.3) is 5.91 Å². The monoisotopic (exact) mass is 388 g/mol. The van der Waals surface area contributed by atoms with E-state index in [1.54, 1.807) is 0 Å². The van der Waals surface area contributed by atoms with E-state index in [9.17, 15) is 9.59 Å². The highest BCUT2D eigenvalue weighted by Gasteiger charge is 2.19. The van der Waals surface area contributed by atoms with Crippen molar-refractivity contribution >= 4 is 11.8 Å². The molecule has 2 amide bonds. The predicted molar refractivity (Wildman–Crippen MR) is 113 cm³/mol. The van der Waals surface area contributed by atoms with Gasteiger partial charge >= 0.3 is 0 Å². The van der Waals surface area contributed by atoms with Gasteiger partial charge in [-0.25, -0.2) is 0 Å². The summed E-state index contributed by atoms with van der Waals surface area (Å²) >= 11 is 0. The lowest BCUT2D eigenvalue weighted by molar-refractivity contribution is -0.133. The van der Waals surface area contributed by atoms with Gasteiger partial charge in [-0.2, -0.15) is 0 Å². The molecule has 3 aromatic rings. The van der Waals surface area contributed by atoms with Crippen molar-refractivity contribution in [2.75, 3.05) is 0 Å². The molecular weight excluding hydrogens is 364 g/mol. The number of benzene rings is 3. The third-order valence-corrected chi connectivity index (χ3v) is 4.44. The van der Waals surface area contributed by atoms with E-state index < -0.39 is 6.10 Å². The second-order valence-electron chi connectivity index (χ2n) is 6.60. The molecule has 1 unspecified atom stereocenters. The number of carbonyl (C=O) groups is 2. The average molecular weight is 388 g/mol. The van der Waals surface area contributed by atoms with Crippen molar-refractivity contribution in [3.8, 4) is 16.9 Å². The number of hydrogen-bond acceptors (Lipinski definition) is 3. The maximum Gasteiger partial charge on any atom is 0.279 e. The van der Waals surface area contributed by atoms with Crippen LogP contribution in [0.5, 0.6) is 5.75 Å². The molecule has 3 rings (SSSR count). The van der Waals surface area contributed by atoms with E-state index in [4.69, 9.17) is 4.74 Å². The minimum Gasteiger partial charge on any atom is -0.481 e. The van der Waals surface area contributed by atoms with Crippen LogP contribution in [-0.2, 0) is 16.0 Å². The van der Waals surface area contributed by atoms with E-state index in [1.807, 2.05) is 91.9 Å². The average Bonchev–Trinajstić information content (AvgIpc) is 2.77. The molecule has 0 heterocycles. The first kappa shape index (κ1) is 20.1. The van der Waals surface area contributed by atoms with Gasteiger partial charge in [0, 0.05) is 0 Å². The summed E-state index contributed by atoms with van der Waals surface area (Å²) in [7, 11) is 0. The lowest BCUT2D eigenvalue weighted by atomic mass is 10.1. The lowest BCUT2D eigenvalue weighted by Crippen LogP contribution is -2.48. The van der Waals surface area contributed by atoms with Crippen LogP contribution in [0.2, 0.25) is 0 Å². The largest absolute Gasteiger partial charge is 0.481 e. The van der Waals surface area contributed by atoms with Crippen molar-refractivity contribution in [3.63, 3.8) is 0 Å². The Morgan fingerprint density at radius 1 is 0.793 bits per heavy atom. The molecule has 0 fully saturated rings. The molecule has 0 aliphatic heterocycles. The smallest absolute Gasteiger partial charge is 0.279 e. The maximum atomic E-state index is 12.4. The van der Waals surface area contributed by atoms with Gasteiger partial charge in [-0.1, -0.05) is 79.7 Å². The van der Waals surface area contributed by atoms with Crippen molar-refractivity contribution in [1.29, 1.82) is 0 Å². The molecule has 29 heavy (non-hydrogen) atoms. The van der Waals surface area contributed by atoms with Crippen LogP contribution in [-0.4, -0.2) is 17.9 Å². The molecular formula is C24H24N2O3. The first-order chi connectivity index (χ1) is 14.2. The summed E-state index contributed by atoms with van der Waals surface area (Å²) in [6.45, 7) is 1.86. The van der Waals surface area contributed by atoms with E-state index >= 15 is 0 Å². The topological polar surface area (TPSA) is 67.4 Å². The fourth-order valence-electron chi connectivity index (χ4n) is 2.88. The molecule has 0 aromatic heterocycles. The molecule has 2 N–H and O–H groups in total. The molecule has 0 saturated carbocycles. The van der Waals surface area contributed by atoms with Crippen LogP contribution in [0.1, 0.15) is 18.9 Å². The Kier molecular flexibility index (Phi) is 7.00. The molecule has 5 heteroatoms. The Bertz CT molecular complexity index is 925. The third kappa shape index (κ3) is 5.94. The highest BCUT2D eigenvalue weighted by Crippen LogP contribution is 2.23. The van der Waals surface area contributed by atoms with Gasteiger partial charge < -0.3 is 4.74 Å². The lowest BCUT2D eigenvalue weighted by Gasteiger charge is -2.18. The van der Waals surface area contributed by atoms with Crippen molar-refractivity contribution in [3.05, 3.63) is 90.5 Å². The van der Waals surface area contributed by atoms with Crippen molar-refractivity contribution in [1.82, 2.24) is 10.9 Å². The highest BCUT2D eigenvalue weighted by atomic mass is 16.5. The second-order valence-corrected chi connectivity index (χ2v) is 6.60. The van der Waals surface area contributed by atoms with Gasteiger partial charge in [0.2, 0.25) is 5.91 Å². The Labute approximate surface area is 170 Å². The van der Waals surface area contributed by atoms with E-state index in [0.29, 0.717) is 12.2 Å².